The van der Waals surface area contributed by atoms with Gasteiger partial charge >= 0.3 is 0 Å². The monoisotopic (exact) mass is 313 g/mol. The predicted octanol–water partition coefficient (Wildman–Crippen LogP) is 3.16. The molecule has 90 valence electrons. The lowest BCUT2D eigenvalue weighted by Crippen LogP contribution is -2.56. The minimum Gasteiger partial charge on any atom is -0.369 e. The standard InChI is InChI=1S/C12H13BrClN3/c13-9-6-8(2-3-10(9)14)17-11(15)16-7-12(17)4-1-5-12/h2-3,6H,1,4-5,7H2,(H2,15,16). The van der Waals surface area contributed by atoms with E-state index in [2.05, 4.69) is 25.8 Å². The van der Waals surface area contributed by atoms with E-state index in [1.165, 1.54) is 6.42 Å². The molecule has 1 fully saturated rings. The summed E-state index contributed by atoms with van der Waals surface area (Å²) < 4.78 is 0.894. The molecule has 0 saturated heterocycles. The highest BCUT2D eigenvalue weighted by atomic mass is 79.9. The first-order chi connectivity index (χ1) is 8.12. The zero-order valence-electron chi connectivity index (χ0n) is 9.29. The van der Waals surface area contributed by atoms with E-state index in [4.69, 9.17) is 17.3 Å². The number of guanidine groups is 1. The lowest BCUT2D eigenvalue weighted by Gasteiger charge is -2.46. The van der Waals surface area contributed by atoms with Gasteiger partial charge in [-0.2, -0.15) is 0 Å². The van der Waals surface area contributed by atoms with Gasteiger partial charge in [-0.3, -0.25) is 4.99 Å². The molecule has 1 aromatic rings. The Morgan fingerprint density at radius 3 is 2.76 bits per heavy atom. The van der Waals surface area contributed by atoms with E-state index in [1.54, 1.807) is 0 Å². The normalized spacial score (nSPS) is 21.5. The molecule has 1 saturated carbocycles. The second-order valence-corrected chi connectivity index (χ2v) is 5.95. The van der Waals surface area contributed by atoms with E-state index in [9.17, 15) is 0 Å². The van der Waals surface area contributed by atoms with Crippen molar-refractivity contribution < 1.29 is 0 Å². The molecule has 17 heavy (non-hydrogen) atoms. The van der Waals surface area contributed by atoms with Gasteiger partial charge in [-0.15, -0.1) is 0 Å². The Balaban J connectivity index is 2.01. The fourth-order valence-corrected chi connectivity index (χ4v) is 3.09. The van der Waals surface area contributed by atoms with Crippen LogP contribution in [0.5, 0.6) is 0 Å². The largest absolute Gasteiger partial charge is 0.369 e. The number of anilines is 1. The molecule has 0 radical (unpaired) electrons. The van der Waals surface area contributed by atoms with Crippen LogP contribution in [0.3, 0.4) is 0 Å². The van der Waals surface area contributed by atoms with Crippen LogP contribution < -0.4 is 10.6 Å². The van der Waals surface area contributed by atoms with E-state index >= 15 is 0 Å². The fraction of sp³-hybridized carbons (Fsp3) is 0.417. The third-order valence-corrected chi connectivity index (χ3v) is 4.90. The van der Waals surface area contributed by atoms with Crippen molar-refractivity contribution in [3.05, 3.63) is 27.7 Å². The maximum absolute atomic E-state index is 6.02. The molecule has 0 unspecified atom stereocenters. The van der Waals surface area contributed by atoms with Crippen LogP contribution in [-0.4, -0.2) is 18.0 Å². The highest BCUT2D eigenvalue weighted by molar-refractivity contribution is 9.10. The van der Waals surface area contributed by atoms with Gasteiger partial charge in [-0.1, -0.05) is 11.6 Å². The van der Waals surface area contributed by atoms with E-state index in [0.29, 0.717) is 11.0 Å². The number of aliphatic imine (C=N–C) groups is 1. The van der Waals surface area contributed by atoms with Crippen LogP contribution in [0.2, 0.25) is 5.02 Å². The highest BCUT2D eigenvalue weighted by Gasteiger charge is 2.47. The Hall–Kier alpha value is -0.740. The molecule has 1 aliphatic carbocycles. The lowest BCUT2D eigenvalue weighted by molar-refractivity contribution is 0.272. The first-order valence-electron chi connectivity index (χ1n) is 5.68. The number of hydrogen-bond acceptors (Lipinski definition) is 3. The van der Waals surface area contributed by atoms with Crippen LogP contribution in [0.1, 0.15) is 19.3 Å². The average Bonchev–Trinajstić information content (AvgIpc) is 2.60. The van der Waals surface area contributed by atoms with Crippen LogP contribution in [0.4, 0.5) is 5.69 Å². The van der Waals surface area contributed by atoms with Crippen LogP contribution in [0.25, 0.3) is 0 Å². The maximum Gasteiger partial charge on any atom is 0.196 e. The molecule has 0 bridgehead atoms. The van der Waals surface area contributed by atoms with Gasteiger partial charge in [0.2, 0.25) is 0 Å². The van der Waals surface area contributed by atoms with Gasteiger partial charge in [-0.25, -0.2) is 0 Å². The molecular formula is C12H13BrClN3. The molecule has 2 aliphatic rings. The van der Waals surface area contributed by atoms with E-state index < -0.39 is 0 Å². The molecule has 5 heteroatoms. The molecule has 3 nitrogen and oxygen atoms in total. The van der Waals surface area contributed by atoms with Crippen LogP contribution >= 0.6 is 27.5 Å². The smallest absolute Gasteiger partial charge is 0.196 e. The van der Waals surface area contributed by atoms with Gasteiger partial charge < -0.3 is 10.6 Å². The summed E-state index contributed by atoms with van der Waals surface area (Å²) in [5.41, 5.74) is 7.22. The van der Waals surface area contributed by atoms with Gasteiger partial charge in [0.15, 0.2) is 5.96 Å². The summed E-state index contributed by atoms with van der Waals surface area (Å²) >= 11 is 9.47. The summed E-state index contributed by atoms with van der Waals surface area (Å²) in [6.07, 6.45) is 3.59. The van der Waals surface area contributed by atoms with Gasteiger partial charge in [0, 0.05) is 10.2 Å². The third kappa shape index (κ3) is 1.66. The molecule has 1 aromatic carbocycles. The topological polar surface area (TPSA) is 41.6 Å². The van der Waals surface area contributed by atoms with Gasteiger partial charge in [0.1, 0.15) is 0 Å². The highest BCUT2D eigenvalue weighted by Crippen LogP contribution is 2.44. The van der Waals surface area contributed by atoms with Crippen molar-refractivity contribution in [2.45, 2.75) is 24.8 Å². The summed E-state index contributed by atoms with van der Waals surface area (Å²) in [5, 5.41) is 0.714. The Labute approximate surface area is 114 Å². The van der Waals surface area contributed by atoms with Crippen molar-refractivity contribution in [3.8, 4) is 0 Å². The van der Waals surface area contributed by atoms with Crippen molar-refractivity contribution in [1.29, 1.82) is 0 Å². The molecule has 0 amide bonds. The lowest BCUT2D eigenvalue weighted by atomic mass is 9.76. The number of nitrogens with zero attached hydrogens (tertiary/aromatic N) is 2. The first kappa shape index (κ1) is 11.4. The van der Waals surface area contributed by atoms with Gasteiger partial charge in [0.05, 0.1) is 17.1 Å². The van der Waals surface area contributed by atoms with Crippen molar-refractivity contribution in [2.75, 3.05) is 11.4 Å². The van der Waals surface area contributed by atoms with Crippen LogP contribution in [0, 0.1) is 0 Å². The van der Waals surface area contributed by atoms with Crippen LogP contribution in [0.15, 0.2) is 27.7 Å². The summed E-state index contributed by atoms with van der Waals surface area (Å²) in [5.74, 6) is 0.624. The van der Waals surface area contributed by atoms with Crippen molar-refractivity contribution in [1.82, 2.24) is 0 Å². The zero-order valence-corrected chi connectivity index (χ0v) is 11.6. The Kier molecular flexibility index (Phi) is 2.60. The van der Waals surface area contributed by atoms with E-state index in [-0.39, 0.29) is 5.54 Å². The second kappa shape index (κ2) is 3.89. The SMILES string of the molecule is NC1=NCC2(CCC2)N1c1ccc(Cl)c(Br)c1. The van der Waals surface area contributed by atoms with E-state index in [1.807, 2.05) is 18.2 Å². The predicted molar refractivity (Wildman–Crippen MR) is 74.7 cm³/mol. The Bertz CT molecular complexity index is 497. The quantitative estimate of drug-likeness (QED) is 0.865. The molecule has 0 atom stereocenters. The molecule has 2 N–H and O–H groups in total. The number of hydrogen-bond donors (Lipinski definition) is 1. The summed E-state index contributed by atoms with van der Waals surface area (Å²) in [7, 11) is 0. The Morgan fingerprint density at radius 1 is 1.41 bits per heavy atom. The fourth-order valence-electron chi connectivity index (χ4n) is 2.61. The average molecular weight is 315 g/mol. The van der Waals surface area contributed by atoms with Gasteiger partial charge in [0.25, 0.3) is 0 Å². The number of halogens is 2. The zero-order chi connectivity index (χ0) is 12.0. The van der Waals surface area contributed by atoms with Crippen LogP contribution in [-0.2, 0) is 0 Å². The second-order valence-electron chi connectivity index (χ2n) is 4.69. The van der Waals surface area contributed by atoms with Crippen molar-refractivity contribution in [3.63, 3.8) is 0 Å². The minimum atomic E-state index is 0.136. The summed E-state index contributed by atoms with van der Waals surface area (Å²) in [6.45, 7) is 0.819. The molecule has 1 aliphatic heterocycles. The molecule has 1 heterocycles. The van der Waals surface area contributed by atoms with Crippen molar-refractivity contribution >= 4 is 39.2 Å². The summed E-state index contributed by atoms with van der Waals surface area (Å²) in [4.78, 5) is 6.56. The molecule has 1 spiro atoms. The summed E-state index contributed by atoms with van der Waals surface area (Å²) in [6, 6.07) is 5.90. The Morgan fingerprint density at radius 2 is 2.18 bits per heavy atom. The molecule has 3 rings (SSSR count). The minimum absolute atomic E-state index is 0.136. The van der Waals surface area contributed by atoms with E-state index in [0.717, 1.165) is 29.5 Å². The third-order valence-electron chi connectivity index (χ3n) is 3.68. The molecular weight excluding hydrogens is 302 g/mol. The number of benzene rings is 1. The van der Waals surface area contributed by atoms with Crippen molar-refractivity contribution in [2.24, 2.45) is 10.7 Å². The van der Waals surface area contributed by atoms with Gasteiger partial charge in [-0.05, 0) is 53.4 Å². The molecule has 0 aromatic heterocycles. The first-order valence-corrected chi connectivity index (χ1v) is 6.85. The number of rotatable bonds is 1. The maximum atomic E-state index is 6.02. The number of nitrogens with two attached hydrogens (primary N) is 1.